The number of benzene rings is 1. The fraction of sp³-hybridized carbons (Fsp3) is 0.500. The minimum absolute atomic E-state index is 0.117. The number of nitrogens with one attached hydrogen (secondary N) is 2. The van der Waals surface area contributed by atoms with E-state index < -0.39 is 23.8 Å². The topological polar surface area (TPSA) is 98.8 Å². The Balaban J connectivity index is 1.60. The minimum Gasteiger partial charge on any atom is -0.374 e. The van der Waals surface area contributed by atoms with Crippen molar-refractivity contribution in [1.29, 1.82) is 0 Å². The van der Waals surface area contributed by atoms with Crippen molar-refractivity contribution >= 4 is 29.3 Å². The summed E-state index contributed by atoms with van der Waals surface area (Å²) in [6.45, 7) is 2.79. The van der Waals surface area contributed by atoms with Crippen LogP contribution in [0.1, 0.15) is 46.4 Å². The summed E-state index contributed by atoms with van der Waals surface area (Å²) in [7, 11) is 1.93. The molecule has 3 heterocycles. The van der Waals surface area contributed by atoms with Crippen LogP contribution in [0, 0.1) is 5.92 Å². The van der Waals surface area contributed by atoms with Crippen molar-refractivity contribution in [3.8, 4) is 0 Å². The Kier molecular flexibility index (Phi) is 4.89. The molecule has 0 spiro atoms. The number of hydrogen-bond donors (Lipinski definition) is 2. The molecule has 0 bridgehead atoms. The summed E-state index contributed by atoms with van der Waals surface area (Å²) < 4.78 is 0. The van der Waals surface area contributed by atoms with E-state index in [0.717, 1.165) is 37.4 Å². The van der Waals surface area contributed by atoms with Crippen LogP contribution in [-0.4, -0.2) is 61.3 Å². The van der Waals surface area contributed by atoms with E-state index in [1.54, 1.807) is 12.1 Å². The van der Waals surface area contributed by atoms with Crippen LogP contribution < -0.4 is 15.5 Å². The molecule has 8 heteroatoms. The molecule has 1 aromatic carbocycles. The summed E-state index contributed by atoms with van der Waals surface area (Å²) in [5.41, 5.74) is 1.39. The zero-order chi connectivity index (χ0) is 19.8. The molecule has 28 heavy (non-hydrogen) atoms. The number of carbonyl (C=O) groups excluding carboxylic acids is 4. The number of piperidine rings is 2. The highest BCUT2D eigenvalue weighted by Crippen LogP contribution is 2.34. The molecular formula is C20H24N4O4. The molecule has 0 saturated carbocycles. The van der Waals surface area contributed by atoms with Gasteiger partial charge in [-0.3, -0.25) is 29.4 Å². The quantitative estimate of drug-likeness (QED) is 0.735. The van der Waals surface area contributed by atoms with Crippen molar-refractivity contribution in [2.75, 3.05) is 31.6 Å². The Hall–Kier alpha value is -2.74. The molecular weight excluding hydrogens is 360 g/mol. The molecule has 4 amide bonds. The van der Waals surface area contributed by atoms with Gasteiger partial charge in [0, 0.05) is 20.0 Å². The number of carbonyl (C=O) groups is 4. The average molecular weight is 384 g/mol. The van der Waals surface area contributed by atoms with E-state index in [2.05, 4.69) is 10.6 Å². The van der Waals surface area contributed by atoms with Gasteiger partial charge in [0.15, 0.2) is 0 Å². The first-order valence-corrected chi connectivity index (χ1v) is 9.74. The number of rotatable bonds is 4. The van der Waals surface area contributed by atoms with E-state index in [4.69, 9.17) is 0 Å². The van der Waals surface area contributed by atoms with Gasteiger partial charge < -0.3 is 10.2 Å². The molecule has 1 aromatic rings. The number of nitrogens with zero attached hydrogens (tertiary/aromatic N) is 2. The Bertz CT molecular complexity index is 847. The SMILES string of the molecule is CN(CC1CCNCC1)c1cccc2c1C(=O)N(C1CCC(=O)NC1=O)C2=O. The molecule has 1 atom stereocenters. The van der Waals surface area contributed by atoms with Gasteiger partial charge in [-0.1, -0.05) is 6.07 Å². The summed E-state index contributed by atoms with van der Waals surface area (Å²) in [6.07, 6.45) is 2.44. The van der Waals surface area contributed by atoms with Crippen LogP contribution in [0.5, 0.6) is 0 Å². The van der Waals surface area contributed by atoms with Gasteiger partial charge in [0.1, 0.15) is 6.04 Å². The monoisotopic (exact) mass is 384 g/mol. The third-order valence-electron chi connectivity index (χ3n) is 5.85. The smallest absolute Gasteiger partial charge is 0.264 e. The first-order valence-electron chi connectivity index (χ1n) is 9.74. The summed E-state index contributed by atoms with van der Waals surface area (Å²) in [5, 5.41) is 5.57. The van der Waals surface area contributed by atoms with E-state index in [9.17, 15) is 19.2 Å². The Morgan fingerprint density at radius 2 is 1.82 bits per heavy atom. The van der Waals surface area contributed by atoms with Crippen molar-refractivity contribution in [2.45, 2.75) is 31.7 Å². The highest BCUT2D eigenvalue weighted by Gasteiger charge is 2.45. The second-order valence-corrected chi connectivity index (χ2v) is 7.72. The van der Waals surface area contributed by atoms with Crippen molar-refractivity contribution in [2.24, 2.45) is 5.92 Å². The molecule has 2 saturated heterocycles. The fourth-order valence-corrected chi connectivity index (χ4v) is 4.37. The van der Waals surface area contributed by atoms with E-state index in [1.807, 2.05) is 18.0 Å². The normalized spacial score (nSPS) is 23.0. The van der Waals surface area contributed by atoms with Crippen LogP contribution in [0.25, 0.3) is 0 Å². The van der Waals surface area contributed by atoms with Gasteiger partial charge in [-0.2, -0.15) is 0 Å². The maximum absolute atomic E-state index is 13.2. The van der Waals surface area contributed by atoms with E-state index in [1.165, 1.54) is 0 Å². The lowest BCUT2D eigenvalue weighted by Crippen LogP contribution is -2.54. The average Bonchev–Trinajstić information content (AvgIpc) is 2.94. The first-order chi connectivity index (χ1) is 13.5. The number of fused-ring (bicyclic) bond motifs is 1. The van der Waals surface area contributed by atoms with Gasteiger partial charge in [0.2, 0.25) is 11.8 Å². The predicted octanol–water partition coefficient (Wildman–Crippen LogP) is 0.524. The largest absolute Gasteiger partial charge is 0.374 e. The Labute approximate surface area is 163 Å². The number of amides is 4. The molecule has 148 valence electrons. The first kappa shape index (κ1) is 18.6. The van der Waals surface area contributed by atoms with Crippen LogP contribution in [0.15, 0.2) is 18.2 Å². The lowest BCUT2D eigenvalue weighted by atomic mass is 9.97. The maximum atomic E-state index is 13.2. The second-order valence-electron chi connectivity index (χ2n) is 7.72. The van der Waals surface area contributed by atoms with Gasteiger partial charge in [-0.25, -0.2) is 0 Å². The fourth-order valence-electron chi connectivity index (χ4n) is 4.37. The molecule has 2 N–H and O–H groups in total. The Morgan fingerprint density at radius 1 is 1.07 bits per heavy atom. The number of imide groups is 2. The summed E-state index contributed by atoms with van der Waals surface area (Å²) >= 11 is 0. The molecule has 4 rings (SSSR count). The van der Waals surface area contributed by atoms with Gasteiger partial charge in [-0.05, 0) is 50.4 Å². The van der Waals surface area contributed by atoms with Gasteiger partial charge in [-0.15, -0.1) is 0 Å². The highest BCUT2D eigenvalue weighted by molar-refractivity contribution is 6.25. The number of anilines is 1. The van der Waals surface area contributed by atoms with Crippen LogP contribution in [0.3, 0.4) is 0 Å². The number of hydrogen-bond acceptors (Lipinski definition) is 6. The predicted molar refractivity (Wildman–Crippen MR) is 102 cm³/mol. The zero-order valence-electron chi connectivity index (χ0n) is 15.9. The van der Waals surface area contributed by atoms with Crippen LogP contribution >= 0.6 is 0 Å². The highest BCUT2D eigenvalue weighted by atomic mass is 16.2. The molecule has 0 aliphatic carbocycles. The van der Waals surface area contributed by atoms with Crippen molar-refractivity contribution in [1.82, 2.24) is 15.5 Å². The van der Waals surface area contributed by atoms with E-state index in [-0.39, 0.29) is 18.7 Å². The molecule has 3 aliphatic rings. The summed E-state index contributed by atoms with van der Waals surface area (Å²) in [4.78, 5) is 52.8. The van der Waals surface area contributed by atoms with Crippen molar-refractivity contribution in [3.05, 3.63) is 29.3 Å². The Morgan fingerprint density at radius 3 is 2.54 bits per heavy atom. The molecule has 2 fully saturated rings. The third kappa shape index (κ3) is 3.17. The van der Waals surface area contributed by atoms with Crippen molar-refractivity contribution < 1.29 is 19.2 Å². The molecule has 1 unspecified atom stereocenters. The minimum atomic E-state index is -0.937. The third-order valence-corrected chi connectivity index (χ3v) is 5.85. The lowest BCUT2D eigenvalue weighted by Gasteiger charge is -2.30. The molecule has 3 aliphatic heterocycles. The lowest BCUT2D eigenvalue weighted by molar-refractivity contribution is -0.136. The van der Waals surface area contributed by atoms with Crippen molar-refractivity contribution in [3.63, 3.8) is 0 Å². The van der Waals surface area contributed by atoms with Gasteiger partial charge >= 0.3 is 0 Å². The summed E-state index contributed by atoms with van der Waals surface area (Å²) in [5.74, 6) is -1.36. The second kappa shape index (κ2) is 7.35. The van der Waals surface area contributed by atoms with Gasteiger partial charge in [0.05, 0.1) is 16.8 Å². The summed E-state index contributed by atoms with van der Waals surface area (Å²) in [6, 6.07) is 4.31. The molecule has 8 nitrogen and oxygen atoms in total. The van der Waals surface area contributed by atoms with Gasteiger partial charge in [0.25, 0.3) is 11.8 Å². The zero-order valence-corrected chi connectivity index (χ0v) is 15.9. The maximum Gasteiger partial charge on any atom is 0.264 e. The van der Waals surface area contributed by atoms with E-state index >= 15 is 0 Å². The van der Waals surface area contributed by atoms with Crippen LogP contribution in [-0.2, 0) is 9.59 Å². The standard InChI is InChI=1S/C20H24N4O4/c1-23(11-12-7-9-21-10-8-12)14-4-2-3-13-17(14)20(28)24(19(13)27)15-5-6-16(25)22-18(15)26/h2-4,12,15,21H,5-11H2,1H3,(H,22,25,26). The molecule has 0 radical (unpaired) electrons. The van der Waals surface area contributed by atoms with Crippen LogP contribution in [0.4, 0.5) is 5.69 Å². The van der Waals surface area contributed by atoms with E-state index in [0.29, 0.717) is 22.7 Å². The molecule has 0 aromatic heterocycles. The van der Waals surface area contributed by atoms with Crippen LogP contribution in [0.2, 0.25) is 0 Å².